The average molecular weight is 389 g/mol. The third-order valence-electron chi connectivity index (χ3n) is 5.27. The molecule has 0 aromatic heterocycles. The SMILES string of the molecule is CCCCCCCC/C=C\CCCCCCCCOc1ccccc1CCO. The van der Waals surface area contributed by atoms with Crippen molar-refractivity contribution in [2.75, 3.05) is 13.2 Å². The fourth-order valence-electron chi connectivity index (χ4n) is 3.50. The maximum absolute atomic E-state index is 9.10. The van der Waals surface area contributed by atoms with Gasteiger partial charge >= 0.3 is 0 Å². The van der Waals surface area contributed by atoms with E-state index >= 15 is 0 Å². The van der Waals surface area contributed by atoms with Gasteiger partial charge in [0.15, 0.2) is 0 Å². The lowest BCUT2D eigenvalue weighted by molar-refractivity contribution is 0.284. The number of rotatable bonds is 19. The Morgan fingerprint density at radius 1 is 0.750 bits per heavy atom. The minimum atomic E-state index is 0.175. The number of benzene rings is 1. The van der Waals surface area contributed by atoms with Crippen LogP contribution in [0.25, 0.3) is 0 Å². The fraction of sp³-hybridized carbons (Fsp3) is 0.692. The molecule has 0 amide bonds. The van der Waals surface area contributed by atoms with Gasteiger partial charge in [0, 0.05) is 6.61 Å². The topological polar surface area (TPSA) is 29.5 Å². The minimum absolute atomic E-state index is 0.175. The quantitative estimate of drug-likeness (QED) is 0.195. The van der Waals surface area contributed by atoms with Crippen LogP contribution in [0.3, 0.4) is 0 Å². The molecule has 28 heavy (non-hydrogen) atoms. The zero-order valence-electron chi connectivity index (χ0n) is 18.3. The van der Waals surface area contributed by atoms with Crippen molar-refractivity contribution in [2.45, 2.75) is 103 Å². The highest BCUT2D eigenvalue weighted by atomic mass is 16.5. The Hall–Kier alpha value is -1.28. The Labute approximate surface area is 174 Å². The molecule has 2 heteroatoms. The molecule has 0 fully saturated rings. The van der Waals surface area contributed by atoms with E-state index in [1.165, 1.54) is 83.5 Å². The molecular weight excluding hydrogens is 344 g/mol. The lowest BCUT2D eigenvalue weighted by atomic mass is 10.1. The molecule has 0 saturated carbocycles. The summed E-state index contributed by atoms with van der Waals surface area (Å²) in [6.07, 6.45) is 24.0. The molecular formula is C26H44O2. The largest absolute Gasteiger partial charge is 0.493 e. The molecule has 0 unspecified atom stereocenters. The van der Waals surface area contributed by atoms with Crippen LogP contribution >= 0.6 is 0 Å². The van der Waals surface area contributed by atoms with E-state index in [1.807, 2.05) is 24.3 Å². The monoisotopic (exact) mass is 388 g/mol. The van der Waals surface area contributed by atoms with Crippen molar-refractivity contribution in [1.82, 2.24) is 0 Å². The van der Waals surface area contributed by atoms with E-state index in [0.717, 1.165) is 24.3 Å². The third kappa shape index (κ3) is 13.8. The Kier molecular flexibility index (Phi) is 16.8. The van der Waals surface area contributed by atoms with Gasteiger partial charge in [-0.3, -0.25) is 0 Å². The van der Waals surface area contributed by atoms with Crippen molar-refractivity contribution < 1.29 is 9.84 Å². The summed E-state index contributed by atoms with van der Waals surface area (Å²) in [4.78, 5) is 0. The highest BCUT2D eigenvalue weighted by Crippen LogP contribution is 2.19. The van der Waals surface area contributed by atoms with Crippen molar-refractivity contribution in [2.24, 2.45) is 0 Å². The number of allylic oxidation sites excluding steroid dienone is 2. The van der Waals surface area contributed by atoms with Crippen molar-refractivity contribution >= 4 is 0 Å². The highest BCUT2D eigenvalue weighted by Gasteiger charge is 2.01. The van der Waals surface area contributed by atoms with Gasteiger partial charge < -0.3 is 9.84 Å². The molecule has 1 aromatic carbocycles. The molecule has 0 aliphatic rings. The molecule has 1 rings (SSSR count). The van der Waals surface area contributed by atoms with Crippen LogP contribution in [0.15, 0.2) is 36.4 Å². The summed E-state index contributed by atoms with van der Waals surface area (Å²) in [5.41, 5.74) is 1.11. The van der Waals surface area contributed by atoms with Crippen LogP contribution in [0.5, 0.6) is 5.75 Å². The molecule has 0 bridgehead atoms. The predicted molar refractivity (Wildman–Crippen MR) is 122 cm³/mol. The standard InChI is InChI=1S/C26H44O2/c1-2-3-4-5-6-7-8-9-10-11-12-13-14-15-16-19-24-28-26-21-18-17-20-25(26)22-23-27/h9-10,17-18,20-21,27H,2-8,11-16,19,22-24H2,1H3/b10-9-. The number of para-hydroxylation sites is 1. The Balaban J connectivity index is 1.86. The van der Waals surface area contributed by atoms with Gasteiger partial charge in [0.05, 0.1) is 6.61 Å². The maximum Gasteiger partial charge on any atom is 0.122 e. The number of hydrogen-bond donors (Lipinski definition) is 1. The summed E-state index contributed by atoms with van der Waals surface area (Å²) >= 11 is 0. The zero-order chi connectivity index (χ0) is 20.1. The molecule has 1 aromatic rings. The van der Waals surface area contributed by atoms with Crippen molar-refractivity contribution in [1.29, 1.82) is 0 Å². The van der Waals surface area contributed by atoms with Gasteiger partial charge in [-0.05, 0) is 50.2 Å². The van der Waals surface area contributed by atoms with Gasteiger partial charge in [0.2, 0.25) is 0 Å². The number of aliphatic hydroxyl groups excluding tert-OH is 1. The molecule has 0 radical (unpaired) electrons. The lowest BCUT2D eigenvalue weighted by Gasteiger charge is -2.10. The van der Waals surface area contributed by atoms with Crippen molar-refractivity contribution in [3.05, 3.63) is 42.0 Å². The number of ether oxygens (including phenoxy) is 1. The Morgan fingerprint density at radius 2 is 1.32 bits per heavy atom. The van der Waals surface area contributed by atoms with Gasteiger partial charge in [0.25, 0.3) is 0 Å². The average Bonchev–Trinajstić information content (AvgIpc) is 2.71. The molecule has 0 atom stereocenters. The lowest BCUT2D eigenvalue weighted by Crippen LogP contribution is -2.01. The van der Waals surface area contributed by atoms with Crippen molar-refractivity contribution in [3.63, 3.8) is 0 Å². The second-order valence-corrected chi connectivity index (χ2v) is 7.87. The van der Waals surface area contributed by atoms with Gasteiger partial charge in [0.1, 0.15) is 5.75 Å². The first-order chi connectivity index (χ1) is 13.9. The first-order valence-corrected chi connectivity index (χ1v) is 11.8. The Bertz CT molecular complexity index is 481. The van der Waals surface area contributed by atoms with Crippen LogP contribution in [0.4, 0.5) is 0 Å². The highest BCUT2D eigenvalue weighted by molar-refractivity contribution is 5.33. The molecule has 1 N–H and O–H groups in total. The normalized spacial score (nSPS) is 11.4. The Morgan fingerprint density at radius 3 is 1.96 bits per heavy atom. The van der Waals surface area contributed by atoms with E-state index in [-0.39, 0.29) is 6.61 Å². The van der Waals surface area contributed by atoms with Gasteiger partial charge in [-0.2, -0.15) is 0 Å². The van der Waals surface area contributed by atoms with E-state index in [2.05, 4.69) is 19.1 Å². The molecule has 0 saturated heterocycles. The van der Waals surface area contributed by atoms with Gasteiger partial charge in [-0.15, -0.1) is 0 Å². The number of unbranched alkanes of at least 4 members (excludes halogenated alkanes) is 12. The van der Waals surface area contributed by atoms with Gasteiger partial charge in [-0.1, -0.05) is 95.1 Å². The van der Waals surface area contributed by atoms with Crippen LogP contribution in [-0.2, 0) is 6.42 Å². The van der Waals surface area contributed by atoms with Crippen LogP contribution in [0.2, 0.25) is 0 Å². The predicted octanol–water partition coefficient (Wildman–Crippen LogP) is 7.64. The van der Waals surface area contributed by atoms with E-state index in [4.69, 9.17) is 9.84 Å². The third-order valence-corrected chi connectivity index (χ3v) is 5.27. The second-order valence-electron chi connectivity index (χ2n) is 7.87. The first-order valence-electron chi connectivity index (χ1n) is 11.8. The zero-order valence-corrected chi connectivity index (χ0v) is 18.3. The first kappa shape index (κ1) is 24.8. The molecule has 0 spiro atoms. The van der Waals surface area contributed by atoms with E-state index in [1.54, 1.807) is 0 Å². The summed E-state index contributed by atoms with van der Waals surface area (Å²) in [7, 11) is 0. The summed E-state index contributed by atoms with van der Waals surface area (Å²) in [6, 6.07) is 8.04. The fourth-order valence-corrected chi connectivity index (χ4v) is 3.50. The summed E-state index contributed by atoms with van der Waals surface area (Å²) in [6.45, 7) is 3.23. The molecule has 0 aliphatic heterocycles. The summed E-state index contributed by atoms with van der Waals surface area (Å²) in [5, 5.41) is 9.10. The van der Waals surface area contributed by atoms with Crippen LogP contribution < -0.4 is 4.74 Å². The van der Waals surface area contributed by atoms with Crippen LogP contribution in [0, 0.1) is 0 Å². The van der Waals surface area contributed by atoms with E-state index in [0.29, 0.717) is 6.42 Å². The molecule has 160 valence electrons. The number of aliphatic hydroxyl groups is 1. The van der Waals surface area contributed by atoms with Gasteiger partial charge in [-0.25, -0.2) is 0 Å². The summed E-state index contributed by atoms with van der Waals surface area (Å²) in [5.74, 6) is 0.935. The summed E-state index contributed by atoms with van der Waals surface area (Å²) < 4.78 is 5.89. The van der Waals surface area contributed by atoms with Crippen LogP contribution in [0.1, 0.15) is 102 Å². The molecule has 0 aliphatic carbocycles. The maximum atomic E-state index is 9.10. The second kappa shape index (κ2) is 19.1. The van der Waals surface area contributed by atoms with E-state index < -0.39 is 0 Å². The molecule has 0 heterocycles. The minimum Gasteiger partial charge on any atom is -0.493 e. The van der Waals surface area contributed by atoms with Crippen molar-refractivity contribution in [3.8, 4) is 5.75 Å². The smallest absolute Gasteiger partial charge is 0.122 e. The molecule has 2 nitrogen and oxygen atoms in total. The van der Waals surface area contributed by atoms with E-state index in [9.17, 15) is 0 Å². The van der Waals surface area contributed by atoms with Crippen LogP contribution in [-0.4, -0.2) is 18.3 Å². The number of hydrogen-bond acceptors (Lipinski definition) is 2.